The van der Waals surface area contributed by atoms with Crippen LogP contribution in [0.3, 0.4) is 0 Å². The molecule has 2 aromatic rings. The van der Waals surface area contributed by atoms with Crippen molar-refractivity contribution in [2.75, 3.05) is 21.3 Å². The Labute approximate surface area is 214 Å². The first kappa shape index (κ1) is 28.8. The molecule has 11 heteroatoms. The van der Waals surface area contributed by atoms with Crippen molar-refractivity contribution in [1.29, 1.82) is 0 Å². The Kier molecular flexibility index (Phi) is 11.6. The number of methoxy groups -OCH3 is 3. The zero-order valence-corrected chi connectivity index (χ0v) is 20.8. The number of carbonyl (C=O) groups excluding carboxylic acids is 5. The minimum atomic E-state index is -1.59. The van der Waals surface area contributed by atoms with Crippen LogP contribution in [0.4, 0.5) is 4.79 Å². The third-order valence-electron chi connectivity index (χ3n) is 5.38. The molecule has 0 aliphatic carbocycles. The van der Waals surface area contributed by atoms with Crippen molar-refractivity contribution in [2.45, 2.75) is 31.5 Å². The average Bonchev–Trinajstić information content (AvgIpc) is 2.93. The molecule has 2 amide bonds. The minimum absolute atomic E-state index is 0.0271. The van der Waals surface area contributed by atoms with Crippen molar-refractivity contribution in [3.05, 3.63) is 71.8 Å². The van der Waals surface area contributed by atoms with Gasteiger partial charge in [0.05, 0.1) is 33.7 Å². The van der Waals surface area contributed by atoms with Gasteiger partial charge >= 0.3 is 24.0 Å². The van der Waals surface area contributed by atoms with Crippen molar-refractivity contribution in [3.8, 4) is 0 Å². The molecule has 0 radical (unpaired) electrons. The van der Waals surface area contributed by atoms with E-state index >= 15 is 0 Å². The van der Waals surface area contributed by atoms with Crippen LogP contribution in [0.25, 0.3) is 0 Å². The first-order chi connectivity index (χ1) is 17.8. The molecule has 2 aromatic carbocycles. The minimum Gasteiger partial charge on any atom is -0.469 e. The van der Waals surface area contributed by atoms with Crippen LogP contribution in [0.5, 0.6) is 0 Å². The number of esters is 3. The second kappa shape index (κ2) is 14.9. The second-order valence-corrected chi connectivity index (χ2v) is 7.87. The lowest BCUT2D eigenvalue weighted by molar-refractivity contribution is -0.159. The molecule has 0 saturated heterocycles. The molecule has 0 aromatic heterocycles. The zero-order chi connectivity index (χ0) is 27.2. The van der Waals surface area contributed by atoms with Gasteiger partial charge in [0, 0.05) is 6.42 Å². The van der Waals surface area contributed by atoms with E-state index in [1.54, 1.807) is 54.6 Å². The quantitative estimate of drug-likeness (QED) is 0.318. The van der Waals surface area contributed by atoms with Gasteiger partial charge in [0.25, 0.3) is 0 Å². The van der Waals surface area contributed by atoms with Crippen LogP contribution in [0, 0.1) is 5.92 Å². The predicted molar refractivity (Wildman–Crippen MR) is 130 cm³/mol. The van der Waals surface area contributed by atoms with Crippen LogP contribution in [0.15, 0.2) is 60.7 Å². The van der Waals surface area contributed by atoms with E-state index in [-0.39, 0.29) is 13.0 Å². The number of carbonyl (C=O) groups is 5. The van der Waals surface area contributed by atoms with Gasteiger partial charge < -0.3 is 29.6 Å². The van der Waals surface area contributed by atoms with Crippen molar-refractivity contribution in [1.82, 2.24) is 10.6 Å². The molecule has 0 aliphatic heterocycles. The van der Waals surface area contributed by atoms with Crippen LogP contribution in [0.1, 0.15) is 17.5 Å². The number of rotatable bonds is 12. The van der Waals surface area contributed by atoms with Gasteiger partial charge in [0.1, 0.15) is 18.7 Å². The maximum atomic E-state index is 13.3. The molecule has 2 N–H and O–H groups in total. The molecule has 3 atom stereocenters. The van der Waals surface area contributed by atoms with Crippen molar-refractivity contribution in [3.63, 3.8) is 0 Å². The summed E-state index contributed by atoms with van der Waals surface area (Å²) in [5.41, 5.74) is 1.45. The van der Waals surface area contributed by atoms with E-state index in [2.05, 4.69) is 15.4 Å². The Bertz CT molecular complexity index is 1060. The molecule has 0 saturated carbocycles. The number of amides is 2. The highest BCUT2D eigenvalue weighted by atomic mass is 16.6. The fourth-order valence-corrected chi connectivity index (χ4v) is 3.42. The maximum absolute atomic E-state index is 13.3. The Balaban J connectivity index is 2.25. The lowest BCUT2D eigenvalue weighted by Gasteiger charge is -2.26. The molecular weight excluding hydrogens is 484 g/mol. The fraction of sp³-hybridized carbons (Fsp3) is 0.346. The molecule has 0 spiro atoms. The van der Waals surface area contributed by atoms with Crippen LogP contribution >= 0.6 is 0 Å². The Hall–Kier alpha value is -4.41. The number of hydrogen-bond donors (Lipinski definition) is 2. The first-order valence-corrected chi connectivity index (χ1v) is 11.3. The summed E-state index contributed by atoms with van der Waals surface area (Å²) in [7, 11) is 3.25. The summed E-state index contributed by atoms with van der Waals surface area (Å²) in [6, 6.07) is 15.0. The molecule has 198 valence electrons. The molecule has 0 heterocycles. The van der Waals surface area contributed by atoms with E-state index in [9.17, 15) is 24.0 Å². The topological polar surface area (TPSA) is 146 Å². The standard InChI is InChI=1S/C26H30N2O9/c1-34-21(29)15-19(24(31)35-2)22(25(32)36-3)28-23(30)20(14-17-10-6-4-7-11-17)27-26(33)37-16-18-12-8-5-9-13-18/h4-13,19-20,22H,14-16H2,1-3H3,(H,27,33)(H,28,30)/t19-,20+,22-/m0/s1. The molecule has 0 unspecified atom stereocenters. The third kappa shape index (κ3) is 9.28. The summed E-state index contributed by atoms with van der Waals surface area (Å²) >= 11 is 0. The van der Waals surface area contributed by atoms with Gasteiger partial charge in [0.2, 0.25) is 5.91 Å². The molecule has 0 aliphatic rings. The number of benzene rings is 2. The lowest BCUT2D eigenvalue weighted by Crippen LogP contribution is -2.56. The van der Waals surface area contributed by atoms with Crippen LogP contribution in [-0.4, -0.2) is 63.3 Å². The number of alkyl carbamates (subject to hydrolysis) is 1. The van der Waals surface area contributed by atoms with Crippen LogP contribution < -0.4 is 10.6 Å². The van der Waals surface area contributed by atoms with Gasteiger partial charge in [-0.1, -0.05) is 60.7 Å². The van der Waals surface area contributed by atoms with Gasteiger partial charge in [-0.05, 0) is 11.1 Å². The van der Waals surface area contributed by atoms with E-state index in [1.165, 1.54) is 0 Å². The summed E-state index contributed by atoms with van der Waals surface area (Å²) in [6.07, 6.45) is -1.38. The summed E-state index contributed by atoms with van der Waals surface area (Å²) < 4.78 is 19.3. The lowest BCUT2D eigenvalue weighted by atomic mass is 9.95. The van der Waals surface area contributed by atoms with Gasteiger partial charge in [-0.3, -0.25) is 14.4 Å². The molecule has 0 bridgehead atoms. The predicted octanol–water partition coefficient (Wildman–Crippen LogP) is 1.53. The normalized spacial score (nSPS) is 12.7. The van der Waals surface area contributed by atoms with E-state index < -0.39 is 54.3 Å². The molecule has 0 fully saturated rings. The van der Waals surface area contributed by atoms with Crippen LogP contribution in [-0.2, 0) is 51.2 Å². The largest absolute Gasteiger partial charge is 0.469 e. The SMILES string of the molecule is COC(=O)C[C@H](C(=O)OC)[C@H](NC(=O)[C@@H](Cc1ccccc1)NC(=O)OCc1ccccc1)C(=O)OC. The van der Waals surface area contributed by atoms with E-state index in [0.29, 0.717) is 5.56 Å². The summed E-state index contributed by atoms with van der Waals surface area (Å²) in [6.45, 7) is -0.0271. The fourth-order valence-electron chi connectivity index (χ4n) is 3.42. The second-order valence-electron chi connectivity index (χ2n) is 7.87. The summed E-state index contributed by atoms with van der Waals surface area (Å²) in [5, 5.41) is 4.92. The third-order valence-corrected chi connectivity index (χ3v) is 5.38. The maximum Gasteiger partial charge on any atom is 0.408 e. The number of hydrogen-bond acceptors (Lipinski definition) is 9. The Morgan fingerprint density at radius 1 is 0.730 bits per heavy atom. The van der Waals surface area contributed by atoms with Gasteiger partial charge in [-0.2, -0.15) is 0 Å². The highest BCUT2D eigenvalue weighted by Gasteiger charge is 2.40. The number of nitrogens with one attached hydrogen (secondary N) is 2. The van der Waals surface area contributed by atoms with Crippen LogP contribution in [0.2, 0.25) is 0 Å². The molecule has 2 rings (SSSR count). The highest BCUT2D eigenvalue weighted by Crippen LogP contribution is 2.15. The monoisotopic (exact) mass is 514 g/mol. The smallest absolute Gasteiger partial charge is 0.408 e. The molecule has 11 nitrogen and oxygen atoms in total. The van der Waals surface area contributed by atoms with Gasteiger partial charge in [-0.15, -0.1) is 0 Å². The van der Waals surface area contributed by atoms with E-state index in [0.717, 1.165) is 26.9 Å². The van der Waals surface area contributed by atoms with Crippen molar-refractivity contribution in [2.24, 2.45) is 5.92 Å². The van der Waals surface area contributed by atoms with Gasteiger partial charge in [0.15, 0.2) is 0 Å². The summed E-state index contributed by atoms with van der Waals surface area (Å²) in [5.74, 6) is -4.97. The van der Waals surface area contributed by atoms with E-state index in [1.807, 2.05) is 6.07 Å². The van der Waals surface area contributed by atoms with Crippen molar-refractivity contribution < 1.29 is 42.9 Å². The van der Waals surface area contributed by atoms with Gasteiger partial charge in [-0.25, -0.2) is 9.59 Å². The summed E-state index contributed by atoms with van der Waals surface area (Å²) in [4.78, 5) is 62.6. The van der Waals surface area contributed by atoms with E-state index in [4.69, 9.17) is 14.2 Å². The number of ether oxygens (including phenoxy) is 4. The average molecular weight is 515 g/mol. The molecule has 37 heavy (non-hydrogen) atoms. The zero-order valence-electron chi connectivity index (χ0n) is 20.8. The Morgan fingerprint density at radius 2 is 1.30 bits per heavy atom. The van der Waals surface area contributed by atoms with Crippen molar-refractivity contribution >= 4 is 29.9 Å². The highest BCUT2D eigenvalue weighted by molar-refractivity contribution is 5.93. The first-order valence-electron chi connectivity index (χ1n) is 11.3. The Morgan fingerprint density at radius 3 is 1.84 bits per heavy atom. The molecular formula is C26H30N2O9.